The number of nitrogens with one attached hydrogen (secondary N) is 2. The first kappa shape index (κ1) is 19.5. The summed E-state index contributed by atoms with van der Waals surface area (Å²) in [6.45, 7) is 1.17. The molecular weight excluding hydrogens is 314 g/mol. The molecule has 1 saturated carbocycles. The van der Waals surface area contributed by atoms with E-state index in [1.807, 2.05) is 30.3 Å². The van der Waals surface area contributed by atoms with Crippen LogP contribution in [0.15, 0.2) is 30.3 Å². The minimum Gasteiger partial charge on any atom is -0.356 e. The number of hydrogen-bond acceptors (Lipinski definition) is 3. The second-order valence-corrected chi connectivity index (χ2v) is 5.84. The smallest absolute Gasteiger partial charge is 0.223 e. The van der Waals surface area contributed by atoms with E-state index >= 15 is 0 Å². The first-order valence-electron chi connectivity index (χ1n) is 8.02. The Morgan fingerprint density at radius 1 is 1.13 bits per heavy atom. The fraction of sp³-hybridized carbons (Fsp3) is 0.529. The minimum atomic E-state index is -0.278. The molecule has 128 valence electrons. The van der Waals surface area contributed by atoms with E-state index in [0.717, 1.165) is 31.2 Å². The fourth-order valence-corrected chi connectivity index (χ4v) is 2.43. The maximum Gasteiger partial charge on any atom is 0.223 e. The molecule has 2 amide bonds. The van der Waals surface area contributed by atoms with Crippen molar-refractivity contribution in [1.82, 2.24) is 10.6 Å². The molecule has 1 fully saturated rings. The summed E-state index contributed by atoms with van der Waals surface area (Å²) in [7, 11) is 0. The van der Waals surface area contributed by atoms with Gasteiger partial charge in [0, 0.05) is 31.5 Å². The molecule has 0 aromatic heterocycles. The summed E-state index contributed by atoms with van der Waals surface area (Å²) in [5.41, 5.74) is 6.97. The van der Waals surface area contributed by atoms with Crippen LogP contribution in [-0.4, -0.2) is 24.9 Å². The van der Waals surface area contributed by atoms with Crippen LogP contribution in [0.3, 0.4) is 0 Å². The van der Waals surface area contributed by atoms with Crippen molar-refractivity contribution in [3.05, 3.63) is 35.9 Å². The highest BCUT2D eigenvalue weighted by Gasteiger charge is 2.24. The third kappa shape index (κ3) is 6.59. The van der Waals surface area contributed by atoms with Gasteiger partial charge < -0.3 is 16.4 Å². The van der Waals surface area contributed by atoms with E-state index in [2.05, 4.69) is 10.6 Å². The molecule has 2 rings (SSSR count). The summed E-state index contributed by atoms with van der Waals surface area (Å²) in [5, 5.41) is 5.75. The Morgan fingerprint density at radius 3 is 2.39 bits per heavy atom. The topological polar surface area (TPSA) is 84.2 Å². The van der Waals surface area contributed by atoms with Gasteiger partial charge in [0.15, 0.2) is 0 Å². The van der Waals surface area contributed by atoms with Crippen molar-refractivity contribution in [3.63, 3.8) is 0 Å². The molecule has 0 bridgehead atoms. The van der Waals surface area contributed by atoms with Crippen molar-refractivity contribution < 1.29 is 9.59 Å². The zero-order valence-electron chi connectivity index (χ0n) is 13.3. The molecule has 0 aliphatic heterocycles. The molecule has 1 aromatic rings. The average Bonchev–Trinajstić information content (AvgIpc) is 2.46. The van der Waals surface area contributed by atoms with Gasteiger partial charge in [-0.05, 0) is 24.8 Å². The zero-order chi connectivity index (χ0) is 15.8. The quantitative estimate of drug-likeness (QED) is 0.633. The molecule has 1 atom stereocenters. The summed E-state index contributed by atoms with van der Waals surface area (Å²) < 4.78 is 0. The molecule has 1 unspecified atom stereocenters. The van der Waals surface area contributed by atoms with Crippen LogP contribution in [0.2, 0.25) is 0 Å². The van der Waals surface area contributed by atoms with Gasteiger partial charge in [0.1, 0.15) is 0 Å². The fourth-order valence-electron chi connectivity index (χ4n) is 2.43. The van der Waals surface area contributed by atoms with Crippen LogP contribution in [-0.2, 0) is 9.59 Å². The predicted molar refractivity (Wildman–Crippen MR) is 93.2 cm³/mol. The summed E-state index contributed by atoms with van der Waals surface area (Å²) in [6, 6.07) is 9.32. The van der Waals surface area contributed by atoms with E-state index in [4.69, 9.17) is 5.73 Å². The Kier molecular flexibility index (Phi) is 8.66. The first-order chi connectivity index (χ1) is 10.7. The maximum absolute atomic E-state index is 11.8. The van der Waals surface area contributed by atoms with E-state index in [-0.39, 0.29) is 42.6 Å². The van der Waals surface area contributed by atoms with Gasteiger partial charge in [0.05, 0.1) is 0 Å². The molecular formula is C17H26ClN3O2. The van der Waals surface area contributed by atoms with E-state index in [1.165, 1.54) is 0 Å². The van der Waals surface area contributed by atoms with Crippen molar-refractivity contribution in [2.75, 3.05) is 13.1 Å². The van der Waals surface area contributed by atoms with Crippen LogP contribution in [0.25, 0.3) is 0 Å². The minimum absolute atomic E-state index is 0. The Bertz CT molecular complexity index is 492. The third-order valence-electron chi connectivity index (χ3n) is 4.08. The SMILES string of the molecule is Cl.NC(CC(=O)NCCCNC(=O)C1CCC1)c1ccccc1. The lowest BCUT2D eigenvalue weighted by molar-refractivity contribution is -0.127. The molecule has 6 heteroatoms. The number of carbonyl (C=O) groups is 2. The highest BCUT2D eigenvalue weighted by atomic mass is 35.5. The molecule has 5 nitrogen and oxygen atoms in total. The van der Waals surface area contributed by atoms with E-state index in [9.17, 15) is 9.59 Å². The summed E-state index contributed by atoms with van der Waals surface area (Å²) >= 11 is 0. The van der Waals surface area contributed by atoms with Crippen LogP contribution in [0.5, 0.6) is 0 Å². The molecule has 1 aliphatic rings. The van der Waals surface area contributed by atoms with Crippen molar-refractivity contribution in [3.8, 4) is 0 Å². The molecule has 23 heavy (non-hydrogen) atoms. The van der Waals surface area contributed by atoms with Crippen LogP contribution >= 0.6 is 12.4 Å². The second-order valence-electron chi connectivity index (χ2n) is 5.84. The Morgan fingerprint density at radius 2 is 1.78 bits per heavy atom. The second kappa shape index (κ2) is 10.2. The summed E-state index contributed by atoms with van der Waals surface area (Å²) in [6.07, 6.45) is 4.21. The lowest BCUT2D eigenvalue weighted by Gasteiger charge is -2.24. The van der Waals surface area contributed by atoms with Gasteiger partial charge in [-0.1, -0.05) is 36.8 Å². The third-order valence-corrected chi connectivity index (χ3v) is 4.08. The molecule has 0 spiro atoms. The van der Waals surface area contributed by atoms with Crippen LogP contribution in [0.1, 0.15) is 43.7 Å². The van der Waals surface area contributed by atoms with E-state index in [0.29, 0.717) is 13.1 Å². The summed E-state index contributed by atoms with van der Waals surface area (Å²) in [5.74, 6) is 0.323. The van der Waals surface area contributed by atoms with E-state index < -0.39 is 0 Å². The highest BCUT2D eigenvalue weighted by molar-refractivity contribution is 5.85. The Balaban J connectivity index is 0.00000264. The van der Waals surface area contributed by atoms with Crippen molar-refractivity contribution in [2.45, 2.75) is 38.1 Å². The van der Waals surface area contributed by atoms with Gasteiger partial charge in [0.2, 0.25) is 11.8 Å². The molecule has 0 heterocycles. The van der Waals surface area contributed by atoms with Crippen LogP contribution in [0.4, 0.5) is 0 Å². The Hall–Kier alpha value is -1.59. The van der Waals surface area contributed by atoms with Crippen molar-refractivity contribution in [1.29, 1.82) is 0 Å². The predicted octanol–water partition coefficient (Wildman–Crippen LogP) is 1.92. The maximum atomic E-state index is 11.8. The molecule has 1 aromatic carbocycles. The van der Waals surface area contributed by atoms with Crippen LogP contribution < -0.4 is 16.4 Å². The summed E-state index contributed by atoms with van der Waals surface area (Å²) in [4.78, 5) is 23.4. The standard InChI is InChI=1S/C17H25N3O2.ClH/c18-15(13-6-2-1-3-7-13)12-16(21)19-10-5-11-20-17(22)14-8-4-9-14;/h1-3,6-7,14-15H,4-5,8-12,18H2,(H,19,21)(H,20,22);1H. The molecule has 4 N–H and O–H groups in total. The first-order valence-corrected chi connectivity index (χ1v) is 8.02. The number of rotatable bonds is 8. The van der Waals surface area contributed by atoms with Crippen LogP contribution in [0, 0.1) is 5.92 Å². The number of amides is 2. The largest absolute Gasteiger partial charge is 0.356 e. The van der Waals surface area contributed by atoms with Gasteiger partial charge >= 0.3 is 0 Å². The monoisotopic (exact) mass is 339 g/mol. The highest BCUT2D eigenvalue weighted by Crippen LogP contribution is 2.25. The number of hydrogen-bond donors (Lipinski definition) is 3. The van der Waals surface area contributed by atoms with Crippen molar-refractivity contribution >= 4 is 24.2 Å². The molecule has 0 radical (unpaired) electrons. The van der Waals surface area contributed by atoms with Gasteiger partial charge in [-0.3, -0.25) is 9.59 Å². The van der Waals surface area contributed by atoms with Gasteiger partial charge in [0.25, 0.3) is 0 Å². The number of carbonyl (C=O) groups excluding carboxylic acids is 2. The number of benzene rings is 1. The molecule has 1 aliphatic carbocycles. The van der Waals surface area contributed by atoms with E-state index in [1.54, 1.807) is 0 Å². The van der Waals surface area contributed by atoms with Crippen molar-refractivity contribution in [2.24, 2.45) is 11.7 Å². The zero-order valence-corrected chi connectivity index (χ0v) is 14.1. The lowest BCUT2D eigenvalue weighted by atomic mass is 9.85. The Labute approximate surface area is 143 Å². The average molecular weight is 340 g/mol. The lowest BCUT2D eigenvalue weighted by Crippen LogP contribution is -2.36. The number of halogens is 1. The van der Waals surface area contributed by atoms with Gasteiger partial charge in [-0.25, -0.2) is 0 Å². The van der Waals surface area contributed by atoms with Gasteiger partial charge in [-0.2, -0.15) is 0 Å². The van der Waals surface area contributed by atoms with Gasteiger partial charge in [-0.15, -0.1) is 12.4 Å². The molecule has 0 saturated heterocycles. The normalized spacial score (nSPS) is 15.0. The number of nitrogens with two attached hydrogens (primary N) is 1.